The number of ether oxygens (including phenoxy) is 2. The van der Waals surface area contributed by atoms with Crippen molar-refractivity contribution in [3.63, 3.8) is 0 Å². The summed E-state index contributed by atoms with van der Waals surface area (Å²) < 4.78 is 15.4. The van der Waals surface area contributed by atoms with Crippen LogP contribution in [0.25, 0.3) is 11.3 Å². The van der Waals surface area contributed by atoms with Crippen molar-refractivity contribution in [3.05, 3.63) is 70.4 Å². The highest BCUT2D eigenvalue weighted by Crippen LogP contribution is 2.32. The van der Waals surface area contributed by atoms with E-state index in [9.17, 15) is 14.4 Å². The number of anilines is 1. The summed E-state index contributed by atoms with van der Waals surface area (Å²) in [6.07, 6.45) is -1.42. The van der Waals surface area contributed by atoms with Crippen molar-refractivity contribution >= 4 is 35.1 Å². The molecule has 0 aliphatic carbocycles. The van der Waals surface area contributed by atoms with Crippen LogP contribution in [0.5, 0.6) is 0 Å². The number of nitrogens with zero attached hydrogens (tertiary/aromatic N) is 1. The molecule has 0 bridgehead atoms. The maximum Gasteiger partial charge on any atom is 0.412 e. The second-order valence-electron chi connectivity index (χ2n) is 7.33. The number of benzene rings is 2. The van der Waals surface area contributed by atoms with Crippen LogP contribution >= 0.6 is 11.6 Å². The third-order valence-electron chi connectivity index (χ3n) is 4.90. The third-order valence-corrected chi connectivity index (χ3v) is 5.25. The largest absolute Gasteiger partial charge is 0.469 e. The van der Waals surface area contributed by atoms with Crippen molar-refractivity contribution in [2.45, 2.75) is 32.8 Å². The van der Waals surface area contributed by atoms with Crippen molar-refractivity contribution in [1.29, 1.82) is 0 Å². The Bertz CT molecular complexity index is 1160. The SMILES string of the molecule is COC(=O)CC(=O)Cc1ccc(-c2onc(C)c2NC(=O)OC(C)c2ccccc2Cl)cc1. The van der Waals surface area contributed by atoms with Crippen LogP contribution in [0.1, 0.15) is 36.3 Å². The Kier molecular flexibility index (Phi) is 7.84. The highest BCUT2D eigenvalue weighted by atomic mass is 35.5. The molecule has 1 atom stereocenters. The molecule has 0 aliphatic heterocycles. The van der Waals surface area contributed by atoms with Gasteiger partial charge >= 0.3 is 12.1 Å². The van der Waals surface area contributed by atoms with Gasteiger partial charge in [-0.25, -0.2) is 4.79 Å². The van der Waals surface area contributed by atoms with Crippen LogP contribution in [0.15, 0.2) is 53.1 Å². The first kappa shape index (κ1) is 24.0. The predicted octanol–water partition coefficient (Wildman–Crippen LogP) is 5.29. The number of amides is 1. The highest BCUT2D eigenvalue weighted by Gasteiger charge is 2.21. The molecule has 1 heterocycles. The number of hydrogen-bond donors (Lipinski definition) is 1. The van der Waals surface area contributed by atoms with Gasteiger partial charge < -0.3 is 14.0 Å². The molecule has 0 saturated heterocycles. The van der Waals surface area contributed by atoms with Crippen molar-refractivity contribution < 1.29 is 28.4 Å². The molecular formula is C24H23ClN2O6. The van der Waals surface area contributed by atoms with E-state index in [4.69, 9.17) is 20.9 Å². The van der Waals surface area contributed by atoms with Crippen molar-refractivity contribution in [1.82, 2.24) is 5.16 Å². The number of carbonyl (C=O) groups excluding carboxylic acids is 3. The molecule has 33 heavy (non-hydrogen) atoms. The summed E-state index contributed by atoms with van der Waals surface area (Å²) in [5.74, 6) is -0.467. The van der Waals surface area contributed by atoms with Gasteiger partial charge in [-0.3, -0.25) is 14.9 Å². The lowest BCUT2D eigenvalue weighted by Crippen LogP contribution is -2.17. The first-order valence-electron chi connectivity index (χ1n) is 10.1. The molecule has 8 nitrogen and oxygen atoms in total. The maximum atomic E-state index is 12.5. The Hall–Kier alpha value is -3.65. The van der Waals surface area contributed by atoms with E-state index in [1.165, 1.54) is 7.11 Å². The van der Waals surface area contributed by atoms with Gasteiger partial charge in [0, 0.05) is 22.6 Å². The number of esters is 1. The second kappa shape index (κ2) is 10.8. The summed E-state index contributed by atoms with van der Waals surface area (Å²) in [4.78, 5) is 35.7. The Balaban J connectivity index is 1.69. The van der Waals surface area contributed by atoms with Gasteiger partial charge in [0.1, 0.15) is 29.7 Å². The fourth-order valence-corrected chi connectivity index (χ4v) is 3.46. The van der Waals surface area contributed by atoms with E-state index in [1.807, 2.05) is 6.07 Å². The van der Waals surface area contributed by atoms with E-state index in [1.54, 1.807) is 56.3 Å². The molecule has 0 radical (unpaired) electrons. The molecular weight excluding hydrogens is 448 g/mol. The minimum atomic E-state index is -0.681. The van der Waals surface area contributed by atoms with Gasteiger partial charge in [-0.15, -0.1) is 0 Å². The minimum absolute atomic E-state index is 0.0994. The average molecular weight is 471 g/mol. The van der Waals surface area contributed by atoms with Crippen LogP contribution in [-0.2, 0) is 25.5 Å². The van der Waals surface area contributed by atoms with Crippen LogP contribution in [0, 0.1) is 6.92 Å². The summed E-state index contributed by atoms with van der Waals surface area (Å²) in [7, 11) is 1.24. The number of hydrogen-bond acceptors (Lipinski definition) is 7. The van der Waals surface area contributed by atoms with Crippen LogP contribution in [-0.4, -0.2) is 30.1 Å². The second-order valence-corrected chi connectivity index (χ2v) is 7.74. The Morgan fingerprint density at radius 1 is 1.12 bits per heavy atom. The summed E-state index contributed by atoms with van der Waals surface area (Å²) in [6.45, 7) is 3.42. The molecule has 1 N–H and O–H groups in total. The zero-order valence-electron chi connectivity index (χ0n) is 18.4. The van der Waals surface area contributed by atoms with Crippen LogP contribution in [0.4, 0.5) is 10.5 Å². The standard InChI is InChI=1S/C24H23ClN2O6/c1-14-22(26-24(30)32-15(2)19-6-4-5-7-20(19)25)23(33-27-14)17-10-8-16(9-11-17)12-18(28)13-21(29)31-3/h4-11,15H,12-13H2,1-3H3,(H,26,30). The smallest absolute Gasteiger partial charge is 0.412 e. The van der Waals surface area contributed by atoms with E-state index in [0.717, 1.165) is 5.56 Å². The molecule has 9 heteroatoms. The molecule has 172 valence electrons. The number of methoxy groups -OCH3 is 1. The molecule has 1 aromatic heterocycles. The summed E-state index contributed by atoms with van der Waals surface area (Å²) in [6, 6.07) is 14.1. The molecule has 3 aromatic rings. The quantitative estimate of drug-likeness (QED) is 0.352. The first-order valence-corrected chi connectivity index (χ1v) is 10.5. The van der Waals surface area contributed by atoms with Gasteiger partial charge in [-0.05, 0) is 25.5 Å². The molecule has 2 aromatic carbocycles. The van der Waals surface area contributed by atoms with E-state index >= 15 is 0 Å². The van der Waals surface area contributed by atoms with Crippen LogP contribution < -0.4 is 5.32 Å². The predicted molar refractivity (Wildman–Crippen MR) is 122 cm³/mol. The Morgan fingerprint density at radius 2 is 1.82 bits per heavy atom. The van der Waals surface area contributed by atoms with E-state index in [2.05, 4.69) is 15.2 Å². The lowest BCUT2D eigenvalue weighted by Gasteiger charge is -2.15. The number of rotatable bonds is 8. The number of nitrogens with one attached hydrogen (secondary N) is 1. The fourth-order valence-electron chi connectivity index (χ4n) is 3.17. The maximum absolute atomic E-state index is 12.5. The number of carbonyl (C=O) groups is 3. The van der Waals surface area contributed by atoms with Crippen LogP contribution in [0.3, 0.4) is 0 Å². The summed E-state index contributed by atoms with van der Waals surface area (Å²) in [5.41, 5.74) is 2.92. The van der Waals surface area contributed by atoms with Gasteiger partial charge in [-0.2, -0.15) is 0 Å². The minimum Gasteiger partial charge on any atom is -0.469 e. The van der Waals surface area contributed by atoms with E-state index in [-0.39, 0.29) is 18.6 Å². The highest BCUT2D eigenvalue weighted by molar-refractivity contribution is 6.31. The van der Waals surface area contributed by atoms with Crippen molar-refractivity contribution in [3.8, 4) is 11.3 Å². The molecule has 0 fully saturated rings. The van der Waals surface area contributed by atoms with Gasteiger partial charge in [0.05, 0.1) is 7.11 Å². The molecule has 0 spiro atoms. The van der Waals surface area contributed by atoms with E-state index < -0.39 is 18.2 Å². The fraction of sp³-hybridized carbons (Fsp3) is 0.250. The molecule has 0 saturated carbocycles. The zero-order chi connectivity index (χ0) is 24.0. The lowest BCUT2D eigenvalue weighted by atomic mass is 10.0. The summed E-state index contributed by atoms with van der Waals surface area (Å²) >= 11 is 6.17. The molecule has 1 unspecified atom stereocenters. The van der Waals surface area contributed by atoms with Gasteiger partial charge in [0.25, 0.3) is 0 Å². The molecule has 3 rings (SSSR count). The monoisotopic (exact) mass is 470 g/mol. The van der Waals surface area contributed by atoms with Crippen molar-refractivity contribution in [2.24, 2.45) is 0 Å². The Labute approximate surface area is 195 Å². The van der Waals surface area contributed by atoms with E-state index in [0.29, 0.717) is 33.3 Å². The molecule has 0 aliphatic rings. The lowest BCUT2D eigenvalue weighted by molar-refractivity contribution is -0.143. The number of aromatic nitrogens is 1. The molecule has 1 amide bonds. The first-order chi connectivity index (χ1) is 15.8. The summed E-state index contributed by atoms with van der Waals surface area (Å²) in [5, 5.41) is 7.13. The average Bonchev–Trinajstić information content (AvgIpc) is 3.14. The topological polar surface area (TPSA) is 108 Å². The van der Waals surface area contributed by atoms with Gasteiger partial charge in [-0.1, -0.05) is 59.2 Å². The van der Waals surface area contributed by atoms with Gasteiger partial charge in [0.2, 0.25) is 0 Å². The normalized spacial score (nSPS) is 11.5. The number of aryl methyl sites for hydroxylation is 1. The Morgan fingerprint density at radius 3 is 2.48 bits per heavy atom. The number of ketones is 1. The van der Waals surface area contributed by atoms with Gasteiger partial charge in [0.15, 0.2) is 5.76 Å². The third kappa shape index (κ3) is 6.20. The van der Waals surface area contributed by atoms with Crippen LogP contribution in [0.2, 0.25) is 5.02 Å². The number of halogens is 1. The number of Topliss-reactive ketones (excluding diaryl/α,β-unsaturated/α-hetero) is 1. The van der Waals surface area contributed by atoms with Crippen molar-refractivity contribution in [2.75, 3.05) is 12.4 Å². The zero-order valence-corrected chi connectivity index (χ0v) is 19.1.